The molecule has 0 atom stereocenters. The van der Waals surface area contributed by atoms with E-state index in [2.05, 4.69) is 4.98 Å². The molecule has 1 heterocycles. The van der Waals surface area contributed by atoms with Crippen molar-refractivity contribution in [3.8, 4) is 17.2 Å². The molecule has 5 heteroatoms. The van der Waals surface area contributed by atoms with E-state index in [0.29, 0.717) is 17.9 Å². The van der Waals surface area contributed by atoms with E-state index in [9.17, 15) is 5.11 Å². The Bertz CT molecular complexity index is 892. The lowest BCUT2D eigenvalue weighted by molar-refractivity contribution is 0.283. The molecule has 0 aliphatic rings. The zero-order chi connectivity index (χ0) is 17.8. The first-order valence-electron chi connectivity index (χ1n) is 7.96. The van der Waals surface area contributed by atoms with Crippen LogP contribution < -0.4 is 14.2 Å². The van der Waals surface area contributed by atoms with Crippen LogP contribution in [0.3, 0.4) is 0 Å². The molecule has 5 nitrogen and oxygen atoms in total. The molecule has 130 valence electrons. The summed E-state index contributed by atoms with van der Waals surface area (Å²) in [4.78, 5) is 4.56. The van der Waals surface area contributed by atoms with Crippen molar-refractivity contribution in [3.63, 3.8) is 0 Å². The first kappa shape index (κ1) is 17.0. The predicted octanol–water partition coefficient (Wildman–Crippen LogP) is 3.34. The maximum Gasteiger partial charge on any atom is 0.161 e. The summed E-state index contributed by atoms with van der Waals surface area (Å²) >= 11 is 0. The van der Waals surface area contributed by atoms with Gasteiger partial charge in [-0.2, -0.15) is 0 Å². The first-order valence-corrected chi connectivity index (χ1v) is 7.96. The second kappa shape index (κ2) is 7.40. The molecule has 0 amide bonds. The van der Waals surface area contributed by atoms with Gasteiger partial charge in [0.2, 0.25) is 0 Å². The van der Waals surface area contributed by atoms with E-state index in [1.165, 1.54) is 0 Å². The quantitative estimate of drug-likeness (QED) is 0.746. The highest BCUT2D eigenvalue weighted by molar-refractivity contribution is 5.90. The van der Waals surface area contributed by atoms with Gasteiger partial charge >= 0.3 is 0 Å². The molecule has 25 heavy (non-hydrogen) atoms. The monoisotopic (exact) mass is 339 g/mol. The van der Waals surface area contributed by atoms with Crippen LogP contribution in [0.25, 0.3) is 10.8 Å². The van der Waals surface area contributed by atoms with E-state index < -0.39 is 0 Å². The second-order valence-corrected chi connectivity index (χ2v) is 5.67. The van der Waals surface area contributed by atoms with Gasteiger partial charge in [0.15, 0.2) is 11.5 Å². The van der Waals surface area contributed by atoms with E-state index in [4.69, 9.17) is 14.2 Å². The van der Waals surface area contributed by atoms with Crippen molar-refractivity contribution < 1.29 is 19.3 Å². The van der Waals surface area contributed by atoms with Crippen molar-refractivity contribution >= 4 is 10.8 Å². The SMILES string of the molecule is COc1cccc(Cc2ncc(CO)c3cc(OC)c(OC)cc23)c1. The maximum atomic E-state index is 9.65. The Morgan fingerprint density at radius 3 is 2.28 bits per heavy atom. The Hall–Kier alpha value is -2.79. The molecule has 0 saturated carbocycles. The van der Waals surface area contributed by atoms with Crippen LogP contribution in [0.2, 0.25) is 0 Å². The third-order valence-corrected chi connectivity index (χ3v) is 4.23. The molecule has 1 N–H and O–H groups in total. The molecule has 0 aliphatic carbocycles. The number of aromatic nitrogens is 1. The number of hydrogen-bond donors (Lipinski definition) is 1. The van der Waals surface area contributed by atoms with Crippen molar-refractivity contribution in [2.75, 3.05) is 21.3 Å². The highest BCUT2D eigenvalue weighted by Gasteiger charge is 2.13. The van der Waals surface area contributed by atoms with Crippen molar-refractivity contribution in [2.24, 2.45) is 0 Å². The largest absolute Gasteiger partial charge is 0.497 e. The van der Waals surface area contributed by atoms with Crippen LogP contribution in [-0.4, -0.2) is 31.4 Å². The molecular weight excluding hydrogens is 318 g/mol. The summed E-state index contributed by atoms with van der Waals surface area (Å²) < 4.78 is 16.1. The van der Waals surface area contributed by atoms with Crippen LogP contribution in [0.4, 0.5) is 0 Å². The van der Waals surface area contributed by atoms with E-state index in [1.807, 2.05) is 36.4 Å². The zero-order valence-electron chi connectivity index (χ0n) is 14.6. The summed E-state index contributed by atoms with van der Waals surface area (Å²) in [7, 11) is 4.86. The Kier molecular flexibility index (Phi) is 5.05. The van der Waals surface area contributed by atoms with Crippen LogP contribution in [0.5, 0.6) is 17.2 Å². The van der Waals surface area contributed by atoms with Crippen LogP contribution in [0, 0.1) is 0 Å². The van der Waals surface area contributed by atoms with Crippen LogP contribution >= 0.6 is 0 Å². The number of methoxy groups -OCH3 is 3. The number of aliphatic hydroxyl groups excluding tert-OH is 1. The van der Waals surface area contributed by atoms with Gasteiger partial charge in [-0.1, -0.05) is 12.1 Å². The highest BCUT2D eigenvalue weighted by Crippen LogP contribution is 2.35. The fraction of sp³-hybridized carbons (Fsp3) is 0.250. The molecule has 2 aromatic carbocycles. The van der Waals surface area contributed by atoms with Gasteiger partial charge in [0.1, 0.15) is 5.75 Å². The van der Waals surface area contributed by atoms with Crippen LogP contribution in [0.15, 0.2) is 42.6 Å². The molecule has 3 rings (SSSR count). The molecule has 1 aromatic heterocycles. The molecule has 0 saturated heterocycles. The minimum absolute atomic E-state index is 0.0849. The second-order valence-electron chi connectivity index (χ2n) is 5.67. The van der Waals surface area contributed by atoms with E-state index >= 15 is 0 Å². The third kappa shape index (κ3) is 3.37. The molecule has 0 aliphatic heterocycles. The lowest BCUT2D eigenvalue weighted by atomic mass is 10.00. The molecular formula is C20H21NO4. The molecule has 0 fully saturated rings. The number of pyridine rings is 1. The van der Waals surface area contributed by atoms with Gasteiger partial charge in [-0.25, -0.2) is 0 Å². The standard InChI is InChI=1S/C20H21NO4/c1-23-15-6-4-5-13(7-15)8-18-17-10-20(25-3)19(24-2)9-16(17)14(12-22)11-21-18/h4-7,9-11,22H,8,12H2,1-3H3. The summed E-state index contributed by atoms with van der Waals surface area (Å²) in [5, 5.41) is 11.5. The van der Waals surface area contributed by atoms with Gasteiger partial charge in [-0.15, -0.1) is 0 Å². The van der Waals surface area contributed by atoms with Crippen molar-refractivity contribution in [2.45, 2.75) is 13.0 Å². The van der Waals surface area contributed by atoms with E-state index in [0.717, 1.165) is 33.3 Å². The van der Waals surface area contributed by atoms with Crippen molar-refractivity contribution in [1.29, 1.82) is 0 Å². The highest BCUT2D eigenvalue weighted by atomic mass is 16.5. The number of benzene rings is 2. The molecule has 0 bridgehead atoms. The van der Waals surface area contributed by atoms with Crippen LogP contribution in [-0.2, 0) is 13.0 Å². The number of aliphatic hydroxyl groups is 1. The van der Waals surface area contributed by atoms with E-state index in [-0.39, 0.29) is 6.61 Å². The van der Waals surface area contributed by atoms with E-state index in [1.54, 1.807) is 27.5 Å². The number of rotatable bonds is 6. The Morgan fingerprint density at radius 2 is 1.64 bits per heavy atom. The van der Waals surface area contributed by atoms with Gasteiger partial charge in [-0.05, 0) is 35.2 Å². The van der Waals surface area contributed by atoms with Gasteiger partial charge in [0, 0.05) is 23.6 Å². The maximum absolute atomic E-state index is 9.65. The molecule has 0 spiro atoms. The van der Waals surface area contributed by atoms with Gasteiger partial charge in [0.25, 0.3) is 0 Å². The van der Waals surface area contributed by atoms with Crippen molar-refractivity contribution in [3.05, 3.63) is 59.4 Å². The summed E-state index contributed by atoms with van der Waals surface area (Å²) in [6.07, 6.45) is 2.36. The third-order valence-electron chi connectivity index (χ3n) is 4.23. The predicted molar refractivity (Wildman–Crippen MR) is 96.6 cm³/mol. The Labute approximate surface area is 146 Å². The van der Waals surface area contributed by atoms with Gasteiger partial charge < -0.3 is 19.3 Å². The average Bonchev–Trinajstić information content (AvgIpc) is 2.67. The summed E-state index contributed by atoms with van der Waals surface area (Å²) in [6.45, 7) is -0.0849. The number of nitrogens with zero attached hydrogens (tertiary/aromatic N) is 1. The van der Waals surface area contributed by atoms with Gasteiger partial charge in [0.05, 0.1) is 33.6 Å². The Morgan fingerprint density at radius 1 is 0.920 bits per heavy atom. The number of fused-ring (bicyclic) bond motifs is 1. The fourth-order valence-electron chi connectivity index (χ4n) is 2.92. The number of ether oxygens (including phenoxy) is 3. The van der Waals surface area contributed by atoms with Crippen LogP contribution in [0.1, 0.15) is 16.8 Å². The minimum Gasteiger partial charge on any atom is -0.497 e. The summed E-state index contributed by atoms with van der Waals surface area (Å²) in [5.41, 5.74) is 2.76. The van der Waals surface area contributed by atoms with Gasteiger partial charge in [-0.3, -0.25) is 4.98 Å². The molecule has 3 aromatic rings. The summed E-state index contributed by atoms with van der Waals surface area (Å²) in [5.74, 6) is 2.08. The Balaban J connectivity index is 2.14. The smallest absolute Gasteiger partial charge is 0.161 e. The summed E-state index contributed by atoms with van der Waals surface area (Å²) in [6, 6.07) is 11.7. The van der Waals surface area contributed by atoms with Crippen molar-refractivity contribution in [1.82, 2.24) is 4.98 Å². The molecule has 0 radical (unpaired) electrons. The zero-order valence-corrected chi connectivity index (χ0v) is 14.6. The average molecular weight is 339 g/mol. The topological polar surface area (TPSA) is 60.8 Å². The lowest BCUT2D eigenvalue weighted by Gasteiger charge is -2.14. The number of hydrogen-bond acceptors (Lipinski definition) is 5. The minimum atomic E-state index is -0.0849. The first-order chi connectivity index (χ1) is 12.2. The fourth-order valence-corrected chi connectivity index (χ4v) is 2.92. The molecule has 0 unspecified atom stereocenters. The normalized spacial score (nSPS) is 10.7. The lowest BCUT2D eigenvalue weighted by Crippen LogP contribution is -2.00.